The predicted molar refractivity (Wildman–Crippen MR) is 157 cm³/mol. The summed E-state index contributed by atoms with van der Waals surface area (Å²) in [6.45, 7) is 6.80. The Morgan fingerprint density at radius 1 is 0.923 bits per heavy atom. The number of benzene rings is 3. The van der Waals surface area contributed by atoms with E-state index in [4.69, 9.17) is 23.2 Å². The van der Waals surface area contributed by atoms with Gasteiger partial charge in [-0.2, -0.15) is 0 Å². The van der Waals surface area contributed by atoms with E-state index < -0.39 is 28.5 Å². The molecule has 7 nitrogen and oxygen atoms in total. The molecule has 208 valence electrons. The van der Waals surface area contributed by atoms with Crippen LogP contribution in [0.1, 0.15) is 38.3 Å². The van der Waals surface area contributed by atoms with Crippen LogP contribution in [-0.2, 0) is 26.2 Å². The molecule has 0 radical (unpaired) electrons. The number of aryl methyl sites for hydroxylation is 1. The van der Waals surface area contributed by atoms with Crippen LogP contribution in [0.5, 0.6) is 0 Å². The third-order valence-corrected chi connectivity index (χ3v) is 8.39. The van der Waals surface area contributed by atoms with Crippen LogP contribution in [0.25, 0.3) is 0 Å². The monoisotopic (exact) mass is 589 g/mol. The van der Waals surface area contributed by atoms with Gasteiger partial charge >= 0.3 is 0 Å². The molecular formula is C29H33Cl2N3O4S. The van der Waals surface area contributed by atoms with Gasteiger partial charge in [-0.25, -0.2) is 8.42 Å². The molecule has 3 aromatic rings. The Hall–Kier alpha value is -3.07. The Labute approximate surface area is 240 Å². The molecule has 39 heavy (non-hydrogen) atoms. The molecule has 0 saturated carbocycles. The normalized spacial score (nSPS) is 12.2. The SMILES string of the molecule is CCC(C(=O)NC(C)C)N(Cc1ccc(Cl)cc1)C(=O)CN(c1cc(Cl)ccc1C)S(=O)(=O)c1ccccc1. The minimum absolute atomic E-state index is 0.0334. The third kappa shape index (κ3) is 7.75. The second-order valence-corrected chi connectivity index (χ2v) is 12.2. The van der Waals surface area contributed by atoms with Crippen molar-refractivity contribution in [3.63, 3.8) is 0 Å². The highest BCUT2D eigenvalue weighted by Crippen LogP contribution is 2.30. The number of nitrogens with one attached hydrogen (secondary N) is 1. The van der Waals surface area contributed by atoms with Gasteiger partial charge in [0.2, 0.25) is 11.8 Å². The van der Waals surface area contributed by atoms with Gasteiger partial charge in [-0.1, -0.05) is 66.5 Å². The second-order valence-electron chi connectivity index (χ2n) is 9.49. The topological polar surface area (TPSA) is 86.8 Å². The number of rotatable bonds is 11. The van der Waals surface area contributed by atoms with Gasteiger partial charge < -0.3 is 10.2 Å². The highest BCUT2D eigenvalue weighted by atomic mass is 35.5. The lowest BCUT2D eigenvalue weighted by molar-refractivity contribution is -0.140. The Kier molecular flexibility index (Phi) is 10.4. The first kappa shape index (κ1) is 30.5. The van der Waals surface area contributed by atoms with E-state index in [-0.39, 0.29) is 29.1 Å². The van der Waals surface area contributed by atoms with Gasteiger partial charge in [-0.05, 0) is 74.7 Å². The maximum absolute atomic E-state index is 14.0. The van der Waals surface area contributed by atoms with Crippen molar-refractivity contribution in [2.24, 2.45) is 0 Å². The number of carbonyl (C=O) groups excluding carboxylic acids is 2. The lowest BCUT2D eigenvalue weighted by atomic mass is 10.1. The zero-order valence-electron chi connectivity index (χ0n) is 22.4. The van der Waals surface area contributed by atoms with Crippen LogP contribution in [-0.4, -0.2) is 43.8 Å². The molecule has 0 fully saturated rings. The van der Waals surface area contributed by atoms with E-state index in [1.54, 1.807) is 61.5 Å². The van der Waals surface area contributed by atoms with Crippen molar-refractivity contribution in [2.75, 3.05) is 10.8 Å². The average Bonchev–Trinajstić information content (AvgIpc) is 2.89. The van der Waals surface area contributed by atoms with Gasteiger partial charge in [-0.3, -0.25) is 13.9 Å². The highest BCUT2D eigenvalue weighted by Gasteiger charge is 2.34. The third-order valence-electron chi connectivity index (χ3n) is 6.13. The van der Waals surface area contributed by atoms with Crippen LogP contribution in [0, 0.1) is 6.92 Å². The molecule has 1 N–H and O–H groups in total. The van der Waals surface area contributed by atoms with E-state index in [2.05, 4.69) is 5.32 Å². The van der Waals surface area contributed by atoms with E-state index in [0.29, 0.717) is 22.0 Å². The number of anilines is 1. The number of carbonyl (C=O) groups is 2. The number of amides is 2. The van der Waals surface area contributed by atoms with E-state index >= 15 is 0 Å². The molecule has 1 atom stereocenters. The molecule has 0 heterocycles. The number of hydrogen-bond donors (Lipinski definition) is 1. The molecule has 0 saturated heterocycles. The largest absolute Gasteiger partial charge is 0.352 e. The molecule has 0 bridgehead atoms. The second kappa shape index (κ2) is 13.3. The number of halogens is 2. The Balaban J connectivity index is 2.09. The van der Waals surface area contributed by atoms with Crippen molar-refractivity contribution >= 4 is 50.7 Å². The van der Waals surface area contributed by atoms with Gasteiger partial charge in [0.25, 0.3) is 10.0 Å². The van der Waals surface area contributed by atoms with Crippen LogP contribution in [0.4, 0.5) is 5.69 Å². The summed E-state index contributed by atoms with van der Waals surface area (Å²) in [6.07, 6.45) is 0.333. The van der Waals surface area contributed by atoms with Gasteiger partial charge in [0, 0.05) is 22.6 Å². The molecule has 10 heteroatoms. The molecule has 0 aliphatic heterocycles. The standard InChI is InChI=1S/C29H33Cl2N3O4S/c1-5-26(29(36)32-20(2)3)33(18-22-12-15-23(30)16-13-22)28(35)19-34(27-17-24(31)14-11-21(27)4)39(37,38)25-9-7-6-8-10-25/h6-17,20,26H,5,18-19H2,1-4H3,(H,32,36). The van der Waals surface area contributed by atoms with Gasteiger partial charge in [0.05, 0.1) is 10.6 Å². The van der Waals surface area contributed by atoms with Crippen LogP contribution in [0.3, 0.4) is 0 Å². The Morgan fingerprint density at radius 2 is 1.54 bits per heavy atom. The molecule has 0 spiro atoms. The summed E-state index contributed by atoms with van der Waals surface area (Å²) in [5.41, 5.74) is 1.66. The van der Waals surface area contributed by atoms with Crippen LogP contribution in [0.15, 0.2) is 77.7 Å². The smallest absolute Gasteiger partial charge is 0.264 e. The lowest BCUT2D eigenvalue weighted by Crippen LogP contribution is -2.53. The molecular weight excluding hydrogens is 557 g/mol. The quantitative estimate of drug-likeness (QED) is 0.305. The fourth-order valence-electron chi connectivity index (χ4n) is 4.17. The summed E-state index contributed by atoms with van der Waals surface area (Å²) < 4.78 is 28.8. The number of hydrogen-bond acceptors (Lipinski definition) is 4. The van der Waals surface area contributed by atoms with Gasteiger partial charge in [0.1, 0.15) is 12.6 Å². The lowest BCUT2D eigenvalue weighted by Gasteiger charge is -2.34. The number of sulfonamides is 1. The molecule has 3 aromatic carbocycles. The van der Waals surface area contributed by atoms with E-state index in [9.17, 15) is 18.0 Å². The summed E-state index contributed by atoms with van der Waals surface area (Å²) in [6, 6.07) is 18.8. The Bertz CT molecular complexity index is 1400. The van der Waals surface area contributed by atoms with Crippen molar-refractivity contribution in [3.05, 3.63) is 94.0 Å². The Morgan fingerprint density at radius 3 is 2.13 bits per heavy atom. The van der Waals surface area contributed by atoms with E-state index in [1.165, 1.54) is 23.1 Å². The molecule has 0 aliphatic rings. The molecule has 0 aromatic heterocycles. The van der Waals surface area contributed by atoms with Crippen molar-refractivity contribution in [2.45, 2.75) is 57.6 Å². The minimum Gasteiger partial charge on any atom is -0.352 e. The summed E-state index contributed by atoms with van der Waals surface area (Å²) in [4.78, 5) is 28.7. The first-order chi connectivity index (χ1) is 18.4. The molecule has 1 unspecified atom stereocenters. The van der Waals surface area contributed by atoms with Crippen LogP contribution >= 0.6 is 23.2 Å². The zero-order valence-corrected chi connectivity index (χ0v) is 24.7. The predicted octanol–water partition coefficient (Wildman–Crippen LogP) is 5.83. The molecule has 2 amide bonds. The van der Waals surface area contributed by atoms with Crippen molar-refractivity contribution in [3.8, 4) is 0 Å². The maximum Gasteiger partial charge on any atom is 0.264 e. The zero-order chi connectivity index (χ0) is 28.7. The molecule has 0 aliphatic carbocycles. The summed E-state index contributed by atoms with van der Waals surface area (Å²) in [7, 11) is -4.16. The van der Waals surface area contributed by atoms with Crippen molar-refractivity contribution in [1.29, 1.82) is 0 Å². The summed E-state index contributed by atoms with van der Waals surface area (Å²) >= 11 is 12.3. The van der Waals surface area contributed by atoms with E-state index in [0.717, 1.165) is 9.87 Å². The van der Waals surface area contributed by atoms with Crippen molar-refractivity contribution in [1.82, 2.24) is 10.2 Å². The van der Waals surface area contributed by atoms with Crippen LogP contribution in [0.2, 0.25) is 10.0 Å². The molecule has 3 rings (SSSR count). The first-order valence-corrected chi connectivity index (χ1v) is 14.8. The van der Waals surface area contributed by atoms with Crippen molar-refractivity contribution < 1.29 is 18.0 Å². The van der Waals surface area contributed by atoms with E-state index in [1.807, 2.05) is 20.8 Å². The average molecular weight is 591 g/mol. The first-order valence-electron chi connectivity index (χ1n) is 12.6. The fourth-order valence-corrected chi connectivity index (χ4v) is 5.95. The highest BCUT2D eigenvalue weighted by molar-refractivity contribution is 7.92. The number of nitrogens with zero attached hydrogens (tertiary/aromatic N) is 2. The maximum atomic E-state index is 14.0. The summed E-state index contributed by atoms with van der Waals surface area (Å²) in [5, 5.41) is 3.75. The van der Waals surface area contributed by atoms with Gasteiger partial charge in [0.15, 0.2) is 0 Å². The fraction of sp³-hybridized carbons (Fsp3) is 0.310. The van der Waals surface area contributed by atoms with Crippen LogP contribution < -0.4 is 9.62 Å². The summed E-state index contributed by atoms with van der Waals surface area (Å²) in [5.74, 6) is -0.846. The van der Waals surface area contributed by atoms with Gasteiger partial charge in [-0.15, -0.1) is 0 Å². The minimum atomic E-state index is -4.16.